The van der Waals surface area contributed by atoms with Gasteiger partial charge in [0.15, 0.2) is 5.12 Å². The van der Waals surface area contributed by atoms with Crippen LogP contribution in [0.4, 0.5) is 0 Å². The highest BCUT2D eigenvalue weighted by Gasteiger charge is 2.08. The maximum atomic E-state index is 10.8. The summed E-state index contributed by atoms with van der Waals surface area (Å²) >= 11 is 3.76. The predicted molar refractivity (Wildman–Crippen MR) is 55.0 cm³/mol. The van der Waals surface area contributed by atoms with Crippen LogP contribution in [0.1, 0.15) is 12.5 Å². The monoisotopic (exact) mass is 196 g/mol. The van der Waals surface area contributed by atoms with Gasteiger partial charge in [-0.2, -0.15) is 0 Å². The van der Waals surface area contributed by atoms with E-state index >= 15 is 0 Å². The van der Waals surface area contributed by atoms with Crippen molar-refractivity contribution >= 4 is 17.7 Å². The molecule has 0 fully saturated rings. The molecule has 3 heteroatoms. The van der Waals surface area contributed by atoms with Crippen molar-refractivity contribution in [2.75, 3.05) is 0 Å². The van der Waals surface area contributed by atoms with Crippen molar-refractivity contribution in [3.8, 4) is 5.75 Å². The molecule has 1 atom stereocenters. The van der Waals surface area contributed by atoms with E-state index in [1.54, 1.807) is 12.1 Å². The SMILES string of the molecule is CC(Cc1ccc(O)cc1)C(=O)S. The van der Waals surface area contributed by atoms with Crippen molar-refractivity contribution in [1.82, 2.24) is 0 Å². The number of carbonyl (C=O) groups is 1. The zero-order chi connectivity index (χ0) is 9.84. The van der Waals surface area contributed by atoms with Crippen molar-refractivity contribution in [2.45, 2.75) is 13.3 Å². The second kappa shape index (κ2) is 4.33. The van der Waals surface area contributed by atoms with E-state index in [0.29, 0.717) is 6.42 Å². The molecule has 0 saturated heterocycles. The molecule has 1 rings (SSSR count). The molecule has 0 bridgehead atoms. The van der Waals surface area contributed by atoms with Gasteiger partial charge in [-0.15, -0.1) is 12.6 Å². The zero-order valence-electron chi connectivity index (χ0n) is 7.40. The fourth-order valence-electron chi connectivity index (χ4n) is 1.07. The molecule has 0 aliphatic heterocycles. The minimum Gasteiger partial charge on any atom is -0.508 e. The van der Waals surface area contributed by atoms with E-state index in [4.69, 9.17) is 5.11 Å². The van der Waals surface area contributed by atoms with Gasteiger partial charge >= 0.3 is 0 Å². The van der Waals surface area contributed by atoms with Crippen LogP contribution in [0, 0.1) is 5.92 Å². The molecular formula is C10H12O2S. The molecule has 1 N–H and O–H groups in total. The number of carbonyl (C=O) groups excluding carboxylic acids is 1. The predicted octanol–water partition coefficient (Wildman–Crippen LogP) is 2.03. The number of benzene rings is 1. The Morgan fingerprint density at radius 1 is 1.46 bits per heavy atom. The first-order valence-corrected chi connectivity index (χ1v) is 4.55. The Labute approximate surface area is 83.0 Å². The summed E-state index contributed by atoms with van der Waals surface area (Å²) in [5, 5.41) is 8.91. The Kier molecular flexibility index (Phi) is 3.37. The van der Waals surface area contributed by atoms with Crippen LogP contribution in [-0.2, 0) is 11.2 Å². The molecule has 0 radical (unpaired) electrons. The van der Waals surface area contributed by atoms with E-state index in [1.165, 1.54) is 0 Å². The summed E-state index contributed by atoms with van der Waals surface area (Å²) < 4.78 is 0. The second-order valence-corrected chi connectivity index (χ2v) is 3.55. The maximum Gasteiger partial charge on any atom is 0.189 e. The lowest BCUT2D eigenvalue weighted by atomic mass is 10.0. The first-order chi connectivity index (χ1) is 6.09. The molecule has 0 spiro atoms. The number of rotatable bonds is 3. The average Bonchev–Trinajstić information content (AvgIpc) is 2.08. The fourth-order valence-corrected chi connectivity index (χ4v) is 1.16. The first kappa shape index (κ1) is 10.1. The Morgan fingerprint density at radius 3 is 2.46 bits per heavy atom. The zero-order valence-corrected chi connectivity index (χ0v) is 8.29. The van der Waals surface area contributed by atoms with Crippen LogP contribution in [0.3, 0.4) is 0 Å². The van der Waals surface area contributed by atoms with Gasteiger partial charge in [-0.05, 0) is 24.1 Å². The number of thiol groups is 1. The van der Waals surface area contributed by atoms with E-state index < -0.39 is 0 Å². The Hall–Kier alpha value is -0.960. The largest absolute Gasteiger partial charge is 0.508 e. The minimum absolute atomic E-state index is 0.0760. The molecule has 13 heavy (non-hydrogen) atoms. The highest BCUT2D eigenvalue weighted by molar-refractivity contribution is 7.96. The molecule has 1 unspecified atom stereocenters. The van der Waals surface area contributed by atoms with Gasteiger partial charge < -0.3 is 5.11 Å². The molecule has 70 valence electrons. The summed E-state index contributed by atoms with van der Waals surface area (Å²) in [4.78, 5) is 10.8. The molecule has 0 amide bonds. The van der Waals surface area contributed by atoms with E-state index in [2.05, 4.69) is 12.6 Å². The summed E-state index contributed by atoms with van der Waals surface area (Å²) in [6.07, 6.45) is 0.669. The van der Waals surface area contributed by atoms with E-state index in [1.807, 2.05) is 19.1 Å². The molecule has 0 saturated carbocycles. The van der Waals surface area contributed by atoms with Gasteiger partial charge in [-0.3, -0.25) is 4.79 Å². The van der Waals surface area contributed by atoms with Crippen molar-refractivity contribution in [2.24, 2.45) is 5.92 Å². The summed E-state index contributed by atoms with van der Waals surface area (Å²) in [6, 6.07) is 6.85. The molecule has 2 nitrogen and oxygen atoms in total. The Morgan fingerprint density at radius 2 is 2.00 bits per heavy atom. The number of hydrogen-bond acceptors (Lipinski definition) is 2. The summed E-state index contributed by atoms with van der Waals surface area (Å²) in [7, 11) is 0. The summed E-state index contributed by atoms with van der Waals surface area (Å²) in [6.45, 7) is 1.84. The molecule has 0 heterocycles. The lowest BCUT2D eigenvalue weighted by molar-refractivity contribution is -0.113. The van der Waals surface area contributed by atoms with Crippen LogP contribution in [0.5, 0.6) is 5.75 Å². The van der Waals surface area contributed by atoms with E-state index in [0.717, 1.165) is 5.56 Å². The molecule has 0 aliphatic rings. The van der Waals surface area contributed by atoms with Gasteiger partial charge in [0.25, 0.3) is 0 Å². The fraction of sp³-hybridized carbons (Fsp3) is 0.300. The number of aromatic hydroxyl groups is 1. The Bertz CT molecular complexity index is 292. The number of hydrogen-bond donors (Lipinski definition) is 2. The normalized spacial score (nSPS) is 12.5. The second-order valence-electron chi connectivity index (χ2n) is 3.11. The molecule has 0 aliphatic carbocycles. The van der Waals surface area contributed by atoms with Gasteiger partial charge in [-0.1, -0.05) is 19.1 Å². The summed E-state index contributed by atoms with van der Waals surface area (Å²) in [5.74, 6) is 0.168. The minimum atomic E-state index is -0.104. The third kappa shape index (κ3) is 3.11. The third-order valence-electron chi connectivity index (χ3n) is 1.90. The lowest BCUT2D eigenvalue weighted by Crippen LogP contribution is -2.07. The van der Waals surface area contributed by atoms with Gasteiger partial charge in [0.2, 0.25) is 0 Å². The highest BCUT2D eigenvalue weighted by Crippen LogP contribution is 2.14. The topological polar surface area (TPSA) is 37.3 Å². The summed E-state index contributed by atoms with van der Waals surface area (Å²) in [5.41, 5.74) is 1.03. The molecule has 1 aromatic rings. The van der Waals surface area contributed by atoms with Crippen molar-refractivity contribution in [3.63, 3.8) is 0 Å². The average molecular weight is 196 g/mol. The van der Waals surface area contributed by atoms with Gasteiger partial charge in [-0.25, -0.2) is 0 Å². The third-order valence-corrected chi connectivity index (χ3v) is 2.34. The van der Waals surface area contributed by atoms with E-state index in [-0.39, 0.29) is 16.8 Å². The van der Waals surface area contributed by atoms with Crippen LogP contribution in [0.15, 0.2) is 24.3 Å². The van der Waals surface area contributed by atoms with Crippen LogP contribution in [0.25, 0.3) is 0 Å². The first-order valence-electron chi connectivity index (χ1n) is 4.10. The van der Waals surface area contributed by atoms with Gasteiger partial charge in [0.1, 0.15) is 5.75 Å². The van der Waals surface area contributed by atoms with Crippen LogP contribution < -0.4 is 0 Å². The van der Waals surface area contributed by atoms with Gasteiger partial charge in [0, 0.05) is 5.92 Å². The van der Waals surface area contributed by atoms with Crippen molar-refractivity contribution < 1.29 is 9.90 Å². The molecule has 0 aromatic heterocycles. The quantitative estimate of drug-likeness (QED) is 0.726. The number of phenolic OH excluding ortho intramolecular Hbond substituents is 1. The van der Waals surface area contributed by atoms with E-state index in [9.17, 15) is 4.79 Å². The molecular weight excluding hydrogens is 184 g/mol. The van der Waals surface area contributed by atoms with Gasteiger partial charge in [0.05, 0.1) is 0 Å². The van der Waals surface area contributed by atoms with Crippen LogP contribution in [-0.4, -0.2) is 10.2 Å². The van der Waals surface area contributed by atoms with Crippen molar-refractivity contribution in [3.05, 3.63) is 29.8 Å². The number of phenols is 1. The van der Waals surface area contributed by atoms with Crippen molar-refractivity contribution in [1.29, 1.82) is 0 Å². The standard InChI is InChI=1S/C10H12O2S/c1-7(10(12)13)6-8-2-4-9(11)5-3-8/h2-5,7,11H,6H2,1H3,(H,12,13). The van der Waals surface area contributed by atoms with Crippen LogP contribution >= 0.6 is 12.6 Å². The maximum absolute atomic E-state index is 10.8. The van der Waals surface area contributed by atoms with Crippen LogP contribution in [0.2, 0.25) is 0 Å². The lowest BCUT2D eigenvalue weighted by Gasteiger charge is -2.06. The highest BCUT2D eigenvalue weighted by atomic mass is 32.1. The molecule has 1 aromatic carbocycles. The Balaban J connectivity index is 2.64. The smallest absolute Gasteiger partial charge is 0.189 e.